The Labute approximate surface area is 107 Å². The maximum absolute atomic E-state index is 11.8. The fourth-order valence-electron chi connectivity index (χ4n) is 1.95. The third-order valence-corrected chi connectivity index (χ3v) is 2.90. The SMILES string of the molecule is C=CO[C@@H]1CCN(C(=O)OCc2ccccc2)C1. The molecule has 18 heavy (non-hydrogen) atoms. The van der Waals surface area contributed by atoms with E-state index in [1.807, 2.05) is 30.3 Å². The average molecular weight is 247 g/mol. The summed E-state index contributed by atoms with van der Waals surface area (Å²) in [5.41, 5.74) is 0.990. The van der Waals surface area contributed by atoms with E-state index in [-0.39, 0.29) is 12.2 Å². The van der Waals surface area contributed by atoms with Crippen molar-refractivity contribution >= 4 is 6.09 Å². The number of rotatable bonds is 4. The predicted molar refractivity (Wildman–Crippen MR) is 67.9 cm³/mol. The molecule has 0 unspecified atom stereocenters. The molecule has 4 nitrogen and oxygen atoms in total. The molecule has 1 aliphatic heterocycles. The van der Waals surface area contributed by atoms with Gasteiger partial charge in [-0.25, -0.2) is 4.79 Å². The molecule has 1 aromatic carbocycles. The van der Waals surface area contributed by atoms with Crippen molar-refractivity contribution in [2.45, 2.75) is 19.1 Å². The van der Waals surface area contributed by atoms with Crippen LogP contribution in [-0.4, -0.2) is 30.2 Å². The number of amides is 1. The molecule has 1 heterocycles. The number of carbonyl (C=O) groups is 1. The first kappa shape index (κ1) is 12.5. The van der Waals surface area contributed by atoms with E-state index in [1.54, 1.807) is 4.90 Å². The molecule has 1 atom stereocenters. The second kappa shape index (κ2) is 6.10. The summed E-state index contributed by atoms with van der Waals surface area (Å²) in [5, 5.41) is 0. The van der Waals surface area contributed by atoms with Crippen molar-refractivity contribution < 1.29 is 14.3 Å². The first-order valence-electron chi connectivity index (χ1n) is 6.01. The maximum atomic E-state index is 11.8. The summed E-state index contributed by atoms with van der Waals surface area (Å²) in [6.07, 6.45) is 2.01. The Balaban J connectivity index is 1.77. The zero-order valence-corrected chi connectivity index (χ0v) is 10.2. The van der Waals surface area contributed by atoms with E-state index in [4.69, 9.17) is 9.47 Å². The zero-order valence-electron chi connectivity index (χ0n) is 10.2. The van der Waals surface area contributed by atoms with E-state index in [2.05, 4.69) is 6.58 Å². The van der Waals surface area contributed by atoms with Gasteiger partial charge in [0, 0.05) is 13.0 Å². The van der Waals surface area contributed by atoms with Crippen LogP contribution in [0.2, 0.25) is 0 Å². The second-order valence-electron chi connectivity index (χ2n) is 4.20. The van der Waals surface area contributed by atoms with Crippen molar-refractivity contribution in [3.8, 4) is 0 Å². The molecule has 0 spiro atoms. The Morgan fingerprint density at radius 2 is 2.22 bits per heavy atom. The first-order valence-corrected chi connectivity index (χ1v) is 6.01. The highest BCUT2D eigenvalue weighted by Crippen LogP contribution is 2.14. The molecule has 0 N–H and O–H groups in total. The minimum Gasteiger partial charge on any atom is -0.497 e. The predicted octanol–water partition coefficient (Wildman–Crippen LogP) is 2.56. The van der Waals surface area contributed by atoms with Crippen LogP contribution in [0.4, 0.5) is 4.79 Å². The Bertz CT molecular complexity index is 405. The highest BCUT2D eigenvalue weighted by molar-refractivity contribution is 5.68. The highest BCUT2D eigenvalue weighted by atomic mass is 16.6. The van der Waals surface area contributed by atoms with Crippen LogP contribution in [-0.2, 0) is 16.1 Å². The van der Waals surface area contributed by atoms with Gasteiger partial charge >= 0.3 is 6.09 Å². The van der Waals surface area contributed by atoms with Gasteiger partial charge in [0.05, 0.1) is 12.8 Å². The van der Waals surface area contributed by atoms with Gasteiger partial charge in [-0.3, -0.25) is 0 Å². The molecule has 1 amide bonds. The molecule has 1 saturated heterocycles. The number of nitrogens with zero attached hydrogens (tertiary/aromatic N) is 1. The van der Waals surface area contributed by atoms with Crippen molar-refractivity contribution in [3.63, 3.8) is 0 Å². The van der Waals surface area contributed by atoms with Gasteiger partial charge in [0.1, 0.15) is 12.7 Å². The average Bonchev–Trinajstić information content (AvgIpc) is 2.86. The quantitative estimate of drug-likeness (QED) is 0.767. The van der Waals surface area contributed by atoms with Gasteiger partial charge in [-0.1, -0.05) is 36.9 Å². The van der Waals surface area contributed by atoms with Crippen LogP contribution in [0.3, 0.4) is 0 Å². The largest absolute Gasteiger partial charge is 0.497 e. The summed E-state index contributed by atoms with van der Waals surface area (Å²) in [7, 11) is 0. The molecule has 1 aromatic rings. The molecule has 0 aromatic heterocycles. The molecule has 1 aliphatic rings. The smallest absolute Gasteiger partial charge is 0.410 e. The van der Waals surface area contributed by atoms with Crippen molar-refractivity contribution in [2.75, 3.05) is 13.1 Å². The first-order chi connectivity index (χ1) is 8.79. The van der Waals surface area contributed by atoms with Gasteiger partial charge in [-0.05, 0) is 5.56 Å². The fraction of sp³-hybridized carbons (Fsp3) is 0.357. The maximum Gasteiger partial charge on any atom is 0.410 e. The normalized spacial score (nSPS) is 18.4. The minimum atomic E-state index is -0.283. The van der Waals surface area contributed by atoms with Crippen molar-refractivity contribution in [1.29, 1.82) is 0 Å². The third kappa shape index (κ3) is 3.26. The van der Waals surface area contributed by atoms with E-state index in [9.17, 15) is 4.79 Å². The molecule has 0 radical (unpaired) electrons. The summed E-state index contributed by atoms with van der Waals surface area (Å²) in [6, 6.07) is 9.64. The summed E-state index contributed by atoms with van der Waals surface area (Å²) in [5.74, 6) is 0. The molecule has 1 fully saturated rings. The van der Waals surface area contributed by atoms with E-state index >= 15 is 0 Å². The summed E-state index contributed by atoms with van der Waals surface area (Å²) in [6.45, 7) is 5.06. The van der Waals surface area contributed by atoms with E-state index < -0.39 is 0 Å². The number of likely N-dealkylation sites (tertiary alicyclic amines) is 1. The lowest BCUT2D eigenvalue weighted by Crippen LogP contribution is -2.30. The number of hydrogen-bond donors (Lipinski definition) is 0. The Hall–Kier alpha value is -1.97. The monoisotopic (exact) mass is 247 g/mol. The van der Waals surface area contributed by atoms with E-state index in [1.165, 1.54) is 6.26 Å². The lowest BCUT2D eigenvalue weighted by molar-refractivity contribution is 0.0946. The van der Waals surface area contributed by atoms with E-state index in [0.717, 1.165) is 12.0 Å². The van der Waals surface area contributed by atoms with Gasteiger partial charge in [0.2, 0.25) is 0 Å². The van der Waals surface area contributed by atoms with Crippen molar-refractivity contribution in [2.24, 2.45) is 0 Å². The lowest BCUT2D eigenvalue weighted by Gasteiger charge is -2.16. The van der Waals surface area contributed by atoms with Crippen LogP contribution in [0.5, 0.6) is 0 Å². The van der Waals surface area contributed by atoms with Gasteiger partial charge in [0.25, 0.3) is 0 Å². The van der Waals surface area contributed by atoms with Gasteiger partial charge in [-0.15, -0.1) is 0 Å². The molecule has 4 heteroatoms. The Morgan fingerprint density at radius 3 is 2.94 bits per heavy atom. The van der Waals surface area contributed by atoms with Gasteiger partial charge in [-0.2, -0.15) is 0 Å². The topological polar surface area (TPSA) is 38.8 Å². The van der Waals surface area contributed by atoms with Gasteiger partial charge in [0.15, 0.2) is 0 Å². The van der Waals surface area contributed by atoms with Crippen LogP contribution in [0.15, 0.2) is 43.2 Å². The molecule has 2 rings (SSSR count). The minimum absolute atomic E-state index is 0.0479. The highest BCUT2D eigenvalue weighted by Gasteiger charge is 2.27. The zero-order chi connectivity index (χ0) is 12.8. The number of ether oxygens (including phenoxy) is 2. The summed E-state index contributed by atoms with van der Waals surface area (Å²) < 4.78 is 10.5. The summed E-state index contributed by atoms with van der Waals surface area (Å²) >= 11 is 0. The molecule has 0 bridgehead atoms. The lowest BCUT2D eigenvalue weighted by atomic mass is 10.2. The van der Waals surface area contributed by atoms with Crippen LogP contribution in [0.1, 0.15) is 12.0 Å². The van der Waals surface area contributed by atoms with Crippen LogP contribution in [0, 0.1) is 0 Å². The molecule has 0 aliphatic carbocycles. The second-order valence-corrected chi connectivity index (χ2v) is 4.20. The Kier molecular flexibility index (Phi) is 4.23. The number of hydrogen-bond acceptors (Lipinski definition) is 3. The number of benzene rings is 1. The number of carbonyl (C=O) groups excluding carboxylic acids is 1. The van der Waals surface area contributed by atoms with Crippen molar-refractivity contribution in [3.05, 3.63) is 48.7 Å². The van der Waals surface area contributed by atoms with Crippen LogP contribution >= 0.6 is 0 Å². The third-order valence-electron chi connectivity index (χ3n) is 2.90. The van der Waals surface area contributed by atoms with E-state index in [0.29, 0.717) is 19.7 Å². The molecular weight excluding hydrogens is 230 g/mol. The molecule has 96 valence electrons. The Morgan fingerprint density at radius 1 is 1.44 bits per heavy atom. The summed E-state index contributed by atoms with van der Waals surface area (Å²) in [4.78, 5) is 13.5. The molecule has 0 saturated carbocycles. The van der Waals surface area contributed by atoms with Gasteiger partial charge < -0.3 is 14.4 Å². The fourth-order valence-corrected chi connectivity index (χ4v) is 1.95. The van der Waals surface area contributed by atoms with Crippen LogP contribution < -0.4 is 0 Å². The van der Waals surface area contributed by atoms with Crippen LogP contribution in [0.25, 0.3) is 0 Å². The standard InChI is InChI=1S/C14H17NO3/c1-2-17-13-8-9-15(10-13)14(16)18-11-12-6-4-3-5-7-12/h2-7,13H,1,8-11H2/t13-/m1/s1. The van der Waals surface area contributed by atoms with Crippen molar-refractivity contribution in [1.82, 2.24) is 4.90 Å². The molecular formula is C14H17NO3.